The van der Waals surface area contributed by atoms with Gasteiger partial charge in [-0.25, -0.2) is 19.0 Å². The van der Waals surface area contributed by atoms with Gasteiger partial charge in [0.2, 0.25) is 0 Å². The van der Waals surface area contributed by atoms with E-state index in [4.69, 9.17) is 4.74 Å². The van der Waals surface area contributed by atoms with Crippen LogP contribution in [0, 0.1) is 12.7 Å². The van der Waals surface area contributed by atoms with Crippen molar-refractivity contribution >= 4 is 27.7 Å². The highest BCUT2D eigenvalue weighted by molar-refractivity contribution is 9.10. The minimum Gasteiger partial charge on any atom is -0.362 e. The molecule has 1 N–H and O–H groups in total. The number of amides is 1. The minimum atomic E-state index is -0.910. The lowest BCUT2D eigenvalue weighted by Crippen LogP contribution is -2.70. The second-order valence-corrected chi connectivity index (χ2v) is 8.23. The van der Waals surface area contributed by atoms with E-state index >= 15 is 0 Å². The number of aryl methyl sites for hydroxylation is 1. The molecule has 0 aliphatic carbocycles. The number of halogens is 2. The van der Waals surface area contributed by atoms with Crippen LogP contribution in [-0.2, 0) is 16.1 Å². The Labute approximate surface area is 187 Å². The number of hydrogen-bond donors (Lipinski definition) is 1. The van der Waals surface area contributed by atoms with Crippen LogP contribution in [0.25, 0.3) is 5.82 Å². The lowest BCUT2D eigenvalue weighted by atomic mass is 9.92. The molecule has 31 heavy (non-hydrogen) atoms. The van der Waals surface area contributed by atoms with Crippen molar-refractivity contribution < 1.29 is 13.9 Å². The van der Waals surface area contributed by atoms with E-state index in [2.05, 4.69) is 36.3 Å². The van der Waals surface area contributed by atoms with Crippen molar-refractivity contribution in [1.29, 1.82) is 0 Å². The number of anilines is 1. The zero-order chi connectivity index (χ0) is 22.0. The van der Waals surface area contributed by atoms with Gasteiger partial charge < -0.3 is 15.0 Å². The van der Waals surface area contributed by atoms with Crippen LogP contribution >= 0.6 is 15.9 Å². The van der Waals surface area contributed by atoms with Gasteiger partial charge in [0.1, 0.15) is 10.4 Å². The fraction of sp³-hybridized carbons (Fsp3) is 0.333. The molecular weight excluding hydrogens is 467 g/mol. The molecule has 3 aromatic rings. The third-order valence-corrected chi connectivity index (χ3v) is 5.43. The highest BCUT2D eigenvalue weighted by atomic mass is 79.9. The van der Waals surface area contributed by atoms with Crippen LogP contribution in [0.2, 0.25) is 0 Å². The van der Waals surface area contributed by atoms with Crippen molar-refractivity contribution in [3.05, 3.63) is 64.4 Å². The third kappa shape index (κ3) is 4.59. The second kappa shape index (κ2) is 8.72. The first-order valence-electron chi connectivity index (χ1n) is 9.85. The molecule has 0 unspecified atom stereocenters. The molecule has 0 bridgehead atoms. The molecule has 0 saturated carbocycles. The van der Waals surface area contributed by atoms with Gasteiger partial charge in [0.05, 0.1) is 25.5 Å². The summed E-state index contributed by atoms with van der Waals surface area (Å²) in [5.74, 6) is 0.707. The molecule has 0 spiro atoms. The van der Waals surface area contributed by atoms with E-state index < -0.39 is 11.4 Å². The number of carbonyl (C=O) groups excluding carboxylic acids is 1. The summed E-state index contributed by atoms with van der Waals surface area (Å²) in [5, 5.41) is 6.83. The molecule has 4 rings (SSSR count). The monoisotopic (exact) mass is 488 g/mol. The molecule has 1 aliphatic heterocycles. The number of pyridine rings is 2. The van der Waals surface area contributed by atoms with Crippen LogP contribution in [0.5, 0.6) is 0 Å². The predicted octanol–water partition coefficient (Wildman–Crippen LogP) is 2.78. The Hall–Kier alpha value is -2.85. The van der Waals surface area contributed by atoms with Gasteiger partial charge in [0.25, 0.3) is 5.91 Å². The van der Waals surface area contributed by atoms with Crippen LogP contribution in [0.1, 0.15) is 18.1 Å². The summed E-state index contributed by atoms with van der Waals surface area (Å²) in [7, 11) is 0. The Balaban J connectivity index is 1.38. The molecule has 162 valence electrons. The Morgan fingerprint density at radius 2 is 2.10 bits per heavy atom. The van der Waals surface area contributed by atoms with Crippen molar-refractivity contribution in [1.82, 2.24) is 25.1 Å². The van der Waals surface area contributed by atoms with Crippen LogP contribution in [0.3, 0.4) is 0 Å². The standard InChI is InChI=1S/C21H22BrFN6O2/c1-3-31-21(12-28(13-21)19-7-14(2)6-17(22)27-19)20(30)25-9-15-4-5-18(24-8-15)29-11-16(23)10-26-29/h4-8,10-11H,3,9,12-13H2,1-2H3,(H,25,30). The van der Waals surface area contributed by atoms with Gasteiger partial charge in [-0.2, -0.15) is 5.10 Å². The first-order valence-corrected chi connectivity index (χ1v) is 10.6. The maximum absolute atomic E-state index is 13.1. The maximum atomic E-state index is 13.1. The fourth-order valence-corrected chi connectivity index (χ4v) is 4.05. The van der Waals surface area contributed by atoms with Crippen LogP contribution in [0.4, 0.5) is 10.2 Å². The number of nitrogens with zero attached hydrogens (tertiary/aromatic N) is 5. The van der Waals surface area contributed by atoms with Gasteiger partial charge in [-0.1, -0.05) is 6.07 Å². The summed E-state index contributed by atoms with van der Waals surface area (Å²) in [5.41, 5.74) is 0.993. The summed E-state index contributed by atoms with van der Waals surface area (Å²) >= 11 is 3.42. The summed E-state index contributed by atoms with van der Waals surface area (Å²) in [6.07, 6.45) is 4.00. The van der Waals surface area contributed by atoms with Crippen LogP contribution in [0.15, 0.2) is 47.5 Å². The molecule has 1 fully saturated rings. The number of nitrogens with one attached hydrogen (secondary N) is 1. The maximum Gasteiger partial charge on any atom is 0.256 e. The first-order chi connectivity index (χ1) is 14.9. The number of ether oxygens (including phenoxy) is 1. The van der Waals surface area contributed by atoms with Crippen molar-refractivity contribution in [2.45, 2.75) is 26.0 Å². The summed E-state index contributed by atoms with van der Waals surface area (Å²) < 4.78 is 21.1. The van der Waals surface area contributed by atoms with Crippen molar-refractivity contribution in [2.75, 3.05) is 24.6 Å². The Bertz CT molecular complexity index is 1060. The van der Waals surface area contributed by atoms with Crippen LogP contribution in [-0.4, -0.2) is 51.0 Å². The van der Waals surface area contributed by atoms with Gasteiger partial charge in [-0.05, 0) is 59.1 Å². The van der Waals surface area contributed by atoms with E-state index in [9.17, 15) is 9.18 Å². The Morgan fingerprint density at radius 1 is 1.29 bits per heavy atom. The largest absolute Gasteiger partial charge is 0.362 e. The van der Waals surface area contributed by atoms with Crippen LogP contribution < -0.4 is 10.2 Å². The van der Waals surface area contributed by atoms with Gasteiger partial charge in [-0.15, -0.1) is 0 Å². The van der Waals surface area contributed by atoms with Crippen molar-refractivity contribution in [3.8, 4) is 5.82 Å². The normalized spacial score (nSPS) is 14.9. The second-order valence-electron chi connectivity index (χ2n) is 7.42. The first kappa shape index (κ1) is 21.4. The number of hydrogen-bond acceptors (Lipinski definition) is 6. The van der Waals surface area contributed by atoms with Gasteiger partial charge in [0, 0.05) is 19.3 Å². The molecule has 4 heterocycles. The van der Waals surface area contributed by atoms with Gasteiger partial charge in [-0.3, -0.25) is 4.79 Å². The van der Waals surface area contributed by atoms with E-state index in [-0.39, 0.29) is 5.91 Å². The molecule has 1 amide bonds. The zero-order valence-electron chi connectivity index (χ0n) is 17.2. The van der Waals surface area contributed by atoms with Crippen molar-refractivity contribution in [2.24, 2.45) is 0 Å². The average Bonchev–Trinajstić information content (AvgIpc) is 3.14. The van der Waals surface area contributed by atoms with E-state index in [1.165, 1.54) is 10.9 Å². The molecule has 3 aromatic heterocycles. The highest BCUT2D eigenvalue weighted by Crippen LogP contribution is 2.31. The molecule has 8 nitrogen and oxygen atoms in total. The van der Waals surface area contributed by atoms with E-state index in [0.717, 1.165) is 27.7 Å². The highest BCUT2D eigenvalue weighted by Gasteiger charge is 2.50. The molecule has 1 saturated heterocycles. The molecule has 0 radical (unpaired) electrons. The lowest BCUT2D eigenvalue weighted by Gasteiger charge is -2.48. The summed E-state index contributed by atoms with van der Waals surface area (Å²) in [6, 6.07) is 7.46. The molecule has 1 aliphatic rings. The quantitative estimate of drug-likeness (QED) is 0.514. The lowest BCUT2D eigenvalue weighted by molar-refractivity contribution is -0.150. The number of rotatable bonds is 7. The smallest absolute Gasteiger partial charge is 0.256 e. The SMILES string of the molecule is CCOC1(C(=O)NCc2ccc(-n3cc(F)cn3)nc2)CN(c2cc(C)cc(Br)n2)C1. The molecule has 0 atom stereocenters. The predicted molar refractivity (Wildman–Crippen MR) is 116 cm³/mol. The van der Waals surface area contributed by atoms with Gasteiger partial charge >= 0.3 is 0 Å². The van der Waals surface area contributed by atoms with Gasteiger partial charge in [0.15, 0.2) is 17.2 Å². The van der Waals surface area contributed by atoms with E-state index in [0.29, 0.717) is 32.1 Å². The Morgan fingerprint density at radius 3 is 2.71 bits per heavy atom. The third-order valence-electron chi connectivity index (χ3n) is 5.02. The minimum absolute atomic E-state index is 0.171. The number of aromatic nitrogens is 4. The van der Waals surface area contributed by atoms with E-state index in [1.54, 1.807) is 12.3 Å². The Kier molecular flexibility index (Phi) is 6.01. The van der Waals surface area contributed by atoms with E-state index in [1.807, 2.05) is 36.9 Å². The zero-order valence-corrected chi connectivity index (χ0v) is 18.8. The molecule has 0 aromatic carbocycles. The number of carbonyl (C=O) groups is 1. The fourth-order valence-electron chi connectivity index (χ4n) is 3.50. The average molecular weight is 489 g/mol. The van der Waals surface area contributed by atoms with Crippen molar-refractivity contribution in [3.63, 3.8) is 0 Å². The topological polar surface area (TPSA) is 85.2 Å². The summed E-state index contributed by atoms with van der Waals surface area (Å²) in [6.45, 7) is 5.47. The molecule has 10 heteroatoms. The molecular formula is C21H22BrFN6O2. The summed E-state index contributed by atoms with van der Waals surface area (Å²) in [4.78, 5) is 23.7.